The number of aliphatic hydroxyl groups is 1. The van der Waals surface area contributed by atoms with Crippen molar-refractivity contribution in [3.05, 3.63) is 59.5 Å². The maximum atomic E-state index is 9.57. The summed E-state index contributed by atoms with van der Waals surface area (Å²) in [5.74, 6) is 1.01. The lowest BCUT2D eigenvalue weighted by atomic mass is 9.85. The van der Waals surface area contributed by atoms with Crippen LogP contribution in [-0.2, 0) is 11.8 Å². The molecule has 1 aromatic heterocycles. The number of benzene rings is 1. The highest BCUT2D eigenvalue weighted by Crippen LogP contribution is 2.26. The number of hydrogen-bond donors (Lipinski definition) is 1. The summed E-state index contributed by atoms with van der Waals surface area (Å²) in [5, 5.41) is 9.57. The van der Waals surface area contributed by atoms with Crippen molar-refractivity contribution < 1.29 is 9.52 Å². The lowest BCUT2D eigenvalue weighted by Crippen LogP contribution is -2.12. The Balaban J connectivity index is 2.15. The summed E-state index contributed by atoms with van der Waals surface area (Å²) in [7, 11) is 0. The molecule has 102 valence electrons. The fraction of sp³-hybridized carbons (Fsp3) is 0.412. The molecule has 0 spiro atoms. The molecule has 0 aliphatic rings. The molecule has 0 bridgehead atoms. The molecule has 2 heteroatoms. The molecular weight excluding hydrogens is 236 g/mol. The van der Waals surface area contributed by atoms with Crippen molar-refractivity contribution in [2.75, 3.05) is 6.61 Å². The van der Waals surface area contributed by atoms with Crippen molar-refractivity contribution >= 4 is 0 Å². The van der Waals surface area contributed by atoms with Crippen molar-refractivity contribution in [3.63, 3.8) is 0 Å². The van der Waals surface area contributed by atoms with E-state index in [0.29, 0.717) is 0 Å². The van der Waals surface area contributed by atoms with Gasteiger partial charge in [-0.05, 0) is 28.7 Å². The molecule has 2 rings (SSSR count). The van der Waals surface area contributed by atoms with Gasteiger partial charge in [0.2, 0.25) is 0 Å². The summed E-state index contributed by atoms with van der Waals surface area (Å²) in [6, 6.07) is 12.4. The molecule has 1 unspecified atom stereocenters. The highest BCUT2D eigenvalue weighted by molar-refractivity contribution is 5.30. The first-order chi connectivity index (χ1) is 9.00. The molecule has 2 aromatic rings. The first kappa shape index (κ1) is 13.9. The highest BCUT2D eigenvalue weighted by atomic mass is 16.3. The van der Waals surface area contributed by atoms with E-state index in [1.54, 1.807) is 6.26 Å². The second-order valence-electron chi connectivity index (χ2n) is 6.03. The van der Waals surface area contributed by atoms with Gasteiger partial charge >= 0.3 is 0 Å². The zero-order chi connectivity index (χ0) is 13.9. The molecule has 1 aromatic carbocycles. The molecule has 0 saturated heterocycles. The monoisotopic (exact) mass is 258 g/mol. The predicted octanol–water partition coefficient (Wildman–Crippen LogP) is 3.90. The van der Waals surface area contributed by atoms with Crippen molar-refractivity contribution in [2.24, 2.45) is 0 Å². The van der Waals surface area contributed by atoms with Gasteiger partial charge in [0, 0.05) is 12.3 Å². The molecule has 0 aliphatic heterocycles. The van der Waals surface area contributed by atoms with Crippen LogP contribution in [0.2, 0.25) is 0 Å². The Bertz CT molecular complexity index is 489. The zero-order valence-electron chi connectivity index (χ0n) is 11.9. The first-order valence-electron chi connectivity index (χ1n) is 6.74. The second-order valence-corrected chi connectivity index (χ2v) is 6.03. The number of furan rings is 1. The lowest BCUT2D eigenvalue weighted by Gasteiger charge is -2.20. The summed E-state index contributed by atoms with van der Waals surface area (Å²) >= 11 is 0. The SMILES string of the molecule is CC(C)(C)c1ccc(C(CO)Cc2ccco2)cc1. The number of rotatable bonds is 4. The summed E-state index contributed by atoms with van der Waals surface area (Å²) in [6.45, 7) is 6.74. The van der Waals surface area contributed by atoms with E-state index >= 15 is 0 Å². The van der Waals surface area contributed by atoms with E-state index in [1.165, 1.54) is 5.56 Å². The molecule has 0 fully saturated rings. The van der Waals surface area contributed by atoms with Gasteiger partial charge in [0.1, 0.15) is 5.76 Å². The summed E-state index contributed by atoms with van der Waals surface area (Å²) in [4.78, 5) is 0. The standard InChI is InChI=1S/C17H22O2/c1-17(2,3)15-8-6-13(7-9-15)14(12-18)11-16-5-4-10-19-16/h4-10,14,18H,11-12H2,1-3H3. The lowest BCUT2D eigenvalue weighted by molar-refractivity contribution is 0.259. The zero-order valence-corrected chi connectivity index (χ0v) is 11.9. The van der Waals surface area contributed by atoms with Crippen LogP contribution in [0.5, 0.6) is 0 Å². The minimum Gasteiger partial charge on any atom is -0.469 e. The van der Waals surface area contributed by atoms with Gasteiger partial charge in [0.15, 0.2) is 0 Å². The van der Waals surface area contributed by atoms with Gasteiger partial charge < -0.3 is 9.52 Å². The fourth-order valence-electron chi connectivity index (χ4n) is 2.21. The average molecular weight is 258 g/mol. The Morgan fingerprint density at radius 3 is 2.26 bits per heavy atom. The van der Waals surface area contributed by atoms with Crippen LogP contribution < -0.4 is 0 Å². The Morgan fingerprint density at radius 2 is 1.79 bits per heavy atom. The van der Waals surface area contributed by atoms with E-state index in [-0.39, 0.29) is 17.9 Å². The summed E-state index contributed by atoms with van der Waals surface area (Å²) < 4.78 is 5.35. The van der Waals surface area contributed by atoms with Gasteiger partial charge in [0.25, 0.3) is 0 Å². The van der Waals surface area contributed by atoms with Crippen LogP contribution in [0.15, 0.2) is 47.1 Å². The largest absolute Gasteiger partial charge is 0.469 e. The third kappa shape index (κ3) is 3.48. The molecule has 19 heavy (non-hydrogen) atoms. The van der Waals surface area contributed by atoms with Gasteiger partial charge in [-0.25, -0.2) is 0 Å². The molecule has 2 nitrogen and oxygen atoms in total. The molecule has 1 heterocycles. The molecule has 1 atom stereocenters. The molecular formula is C17H22O2. The van der Waals surface area contributed by atoms with E-state index in [9.17, 15) is 5.11 Å². The van der Waals surface area contributed by atoms with Gasteiger partial charge in [-0.1, -0.05) is 45.0 Å². The van der Waals surface area contributed by atoms with Crippen molar-refractivity contribution in [3.8, 4) is 0 Å². The number of aliphatic hydroxyl groups excluding tert-OH is 1. The second kappa shape index (κ2) is 5.62. The Hall–Kier alpha value is -1.54. The summed E-state index contributed by atoms with van der Waals surface area (Å²) in [5.41, 5.74) is 2.63. The van der Waals surface area contributed by atoms with Crippen LogP contribution in [-0.4, -0.2) is 11.7 Å². The van der Waals surface area contributed by atoms with Crippen LogP contribution >= 0.6 is 0 Å². The van der Waals surface area contributed by atoms with Crippen molar-refractivity contribution in [2.45, 2.75) is 38.5 Å². The highest BCUT2D eigenvalue weighted by Gasteiger charge is 2.16. The van der Waals surface area contributed by atoms with Crippen molar-refractivity contribution in [1.29, 1.82) is 0 Å². The fourth-order valence-corrected chi connectivity index (χ4v) is 2.21. The van der Waals surface area contributed by atoms with Gasteiger partial charge in [0.05, 0.1) is 12.9 Å². The van der Waals surface area contributed by atoms with Gasteiger partial charge in [-0.15, -0.1) is 0 Å². The third-order valence-corrected chi connectivity index (χ3v) is 3.50. The van der Waals surface area contributed by atoms with E-state index < -0.39 is 0 Å². The minimum absolute atomic E-state index is 0.0974. The molecule has 0 aliphatic carbocycles. The predicted molar refractivity (Wildman–Crippen MR) is 77.4 cm³/mol. The van der Waals surface area contributed by atoms with E-state index in [2.05, 4.69) is 45.0 Å². The van der Waals surface area contributed by atoms with Crippen LogP contribution in [0.4, 0.5) is 0 Å². The normalized spacial score (nSPS) is 13.5. The Labute approximate surface area is 115 Å². The smallest absolute Gasteiger partial charge is 0.104 e. The molecule has 1 N–H and O–H groups in total. The molecule has 0 radical (unpaired) electrons. The average Bonchev–Trinajstić information content (AvgIpc) is 2.88. The maximum Gasteiger partial charge on any atom is 0.104 e. The number of hydrogen-bond acceptors (Lipinski definition) is 2. The third-order valence-electron chi connectivity index (χ3n) is 3.50. The molecule has 0 saturated carbocycles. The quantitative estimate of drug-likeness (QED) is 0.902. The van der Waals surface area contributed by atoms with Gasteiger partial charge in [-0.2, -0.15) is 0 Å². The van der Waals surface area contributed by atoms with Crippen LogP contribution in [0.1, 0.15) is 43.6 Å². The van der Waals surface area contributed by atoms with Crippen molar-refractivity contribution in [1.82, 2.24) is 0 Å². The van der Waals surface area contributed by atoms with E-state index in [1.807, 2.05) is 12.1 Å². The van der Waals surface area contributed by atoms with Gasteiger partial charge in [-0.3, -0.25) is 0 Å². The van der Waals surface area contributed by atoms with E-state index in [0.717, 1.165) is 17.7 Å². The Kier molecular flexibility index (Phi) is 4.11. The van der Waals surface area contributed by atoms with Crippen LogP contribution in [0.25, 0.3) is 0 Å². The van der Waals surface area contributed by atoms with Crippen LogP contribution in [0, 0.1) is 0 Å². The topological polar surface area (TPSA) is 33.4 Å². The van der Waals surface area contributed by atoms with E-state index in [4.69, 9.17) is 4.42 Å². The molecule has 0 amide bonds. The summed E-state index contributed by atoms with van der Waals surface area (Å²) in [6.07, 6.45) is 2.41. The Morgan fingerprint density at radius 1 is 1.11 bits per heavy atom. The minimum atomic E-state index is 0.0974. The van der Waals surface area contributed by atoms with Crippen LogP contribution in [0.3, 0.4) is 0 Å². The first-order valence-corrected chi connectivity index (χ1v) is 6.74. The maximum absolute atomic E-state index is 9.57.